The maximum atomic E-state index is 11.8. The SMILES string of the molecule is CCN(CC)CCOC(=O)Nc1ccc(-c2ccccc2)cc1.Cl. The molecule has 2 aromatic rings. The first-order chi connectivity index (χ1) is 11.2. The zero-order valence-corrected chi connectivity index (χ0v) is 15.0. The molecule has 130 valence electrons. The number of benzene rings is 2. The van der Waals surface area contributed by atoms with Crippen LogP contribution in [0.15, 0.2) is 54.6 Å². The predicted molar refractivity (Wildman–Crippen MR) is 102 cm³/mol. The van der Waals surface area contributed by atoms with Crippen LogP contribution in [-0.4, -0.2) is 37.2 Å². The number of carbonyl (C=O) groups excluding carboxylic acids is 1. The second kappa shape index (κ2) is 10.7. The van der Waals surface area contributed by atoms with E-state index in [1.165, 1.54) is 0 Å². The van der Waals surface area contributed by atoms with Gasteiger partial charge in [0.1, 0.15) is 6.61 Å². The fourth-order valence-corrected chi connectivity index (χ4v) is 2.34. The maximum Gasteiger partial charge on any atom is 0.411 e. The van der Waals surface area contributed by atoms with Crippen LogP contribution in [-0.2, 0) is 4.74 Å². The number of hydrogen-bond donors (Lipinski definition) is 1. The van der Waals surface area contributed by atoms with Gasteiger partial charge in [0.25, 0.3) is 0 Å². The average Bonchev–Trinajstić information content (AvgIpc) is 2.60. The Bertz CT molecular complexity index is 599. The molecule has 1 amide bonds. The van der Waals surface area contributed by atoms with Crippen LogP contribution in [0.4, 0.5) is 10.5 Å². The van der Waals surface area contributed by atoms with Gasteiger partial charge in [0.05, 0.1) is 0 Å². The molecule has 5 heteroatoms. The number of likely N-dealkylation sites (N-methyl/N-ethyl adjacent to an activating group) is 1. The molecular formula is C19H25ClN2O2. The molecule has 0 heterocycles. The van der Waals surface area contributed by atoms with E-state index >= 15 is 0 Å². The highest BCUT2D eigenvalue weighted by Gasteiger charge is 2.05. The van der Waals surface area contributed by atoms with Crippen LogP contribution in [0.2, 0.25) is 0 Å². The van der Waals surface area contributed by atoms with Crippen LogP contribution < -0.4 is 5.32 Å². The second-order valence-electron chi connectivity index (χ2n) is 5.23. The molecule has 0 unspecified atom stereocenters. The Balaban J connectivity index is 0.00000288. The Morgan fingerprint density at radius 3 is 2.12 bits per heavy atom. The lowest BCUT2D eigenvalue weighted by Gasteiger charge is -2.17. The van der Waals surface area contributed by atoms with Gasteiger partial charge in [-0.15, -0.1) is 12.4 Å². The minimum absolute atomic E-state index is 0. The van der Waals surface area contributed by atoms with E-state index < -0.39 is 6.09 Å². The van der Waals surface area contributed by atoms with Gasteiger partial charge in [0, 0.05) is 12.2 Å². The van der Waals surface area contributed by atoms with Gasteiger partial charge in [-0.1, -0.05) is 56.3 Å². The van der Waals surface area contributed by atoms with E-state index in [2.05, 4.69) is 36.2 Å². The van der Waals surface area contributed by atoms with Crippen LogP contribution in [0.25, 0.3) is 11.1 Å². The lowest BCUT2D eigenvalue weighted by Crippen LogP contribution is -2.28. The van der Waals surface area contributed by atoms with Gasteiger partial charge in [-0.25, -0.2) is 4.79 Å². The van der Waals surface area contributed by atoms with Crippen molar-refractivity contribution in [3.63, 3.8) is 0 Å². The number of halogens is 1. The Morgan fingerprint density at radius 2 is 1.54 bits per heavy atom. The highest BCUT2D eigenvalue weighted by molar-refractivity contribution is 5.85. The number of hydrogen-bond acceptors (Lipinski definition) is 3. The van der Waals surface area contributed by atoms with E-state index in [-0.39, 0.29) is 12.4 Å². The topological polar surface area (TPSA) is 41.6 Å². The fraction of sp³-hybridized carbons (Fsp3) is 0.316. The highest BCUT2D eigenvalue weighted by atomic mass is 35.5. The number of anilines is 1. The lowest BCUT2D eigenvalue weighted by atomic mass is 10.1. The third kappa shape index (κ3) is 6.22. The Morgan fingerprint density at radius 1 is 0.958 bits per heavy atom. The molecule has 0 saturated heterocycles. The first-order valence-corrected chi connectivity index (χ1v) is 8.04. The molecule has 2 rings (SSSR count). The van der Waals surface area contributed by atoms with Gasteiger partial charge in [-0.2, -0.15) is 0 Å². The van der Waals surface area contributed by atoms with Crippen LogP contribution in [0.3, 0.4) is 0 Å². The Hall–Kier alpha value is -2.04. The van der Waals surface area contributed by atoms with Crippen molar-refractivity contribution in [2.45, 2.75) is 13.8 Å². The van der Waals surface area contributed by atoms with E-state index in [9.17, 15) is 4.79 Å². The minimum Gasteiger partial charge on any atom is -0.448 e. The average molecular weight is 349 g/mol. The van der Waals surface area contributed by atoms with Gasteiger partial charge in [-0.3, -0.25) is 5.32 Å². The van der Waals surface area contributed by atoms with Crippen molar-refractivity contribution in [2.75, 3.05) is 31.6 Å². The maximum absolute atomic E-state index is 11.8. The summed E-state index contributed by atoms with van der Waals surface area (Å²) in [6.07, 6.45) is -0.412. The van der Waals surface area contributed by atoms with Crippen molar-refractivity contribution in [2.24, 2.45) is 0 Å². The second-order valence-corrected chi connectivity index (χ2v) is 5.23. The summed E-state index contributed by atoms with van der Waals surface area (Å²) in [5, 5.41) is 2.75. The summed E-state index contributed by atoms with van der Waals surface area (Å²) < 4.78 is 5.20. The molecule has 24 heavy (non-hydrogen) atoms. The zero-order valence-electron chi connectivity index (χ0n) is 14.2. The number of nitrogens with one attached hydrogen (secondary N) is 1. The third-order valence-electron chi connectivity index (χ3n) is 3.77. The number of amides is 1. The first kappa shape index (κ1) is 20.0. The molecule has 0 aliphatic rings. The molecular weight excluding hydrogens is 324 g/mol. The standard InChI is InChI=1S/C19H24N2O2.ClH/c1-3-21(4-2)14-15-23-19(22)20-18-12-10-17(11-13-18)16-8-6-5-7-9-16;/h5-13H,3-4,14-15H2,1-2H3,(H,20,22);1H. The Kier molecular flexibility index (Phi) is 8.90. The van der Waals surface area contributed by atoms with Gasteiger partial charge >= 0.3 is 6.09 Å². The Labute approximate surface area is 150 Å². The van der Waals surface area contributed by atoms with E-state index in [4.69, 9.17) is 4.74 Å². The van der Waals surface area contributed by atoms with E-state index in [1.54, 1.807) is 0 Å². The van der Waals surface area contributed by atoms with Gasteiger partial charge in [0.15, 0.2) is 0 Å². The summed E-state index contributed by atoms with van der Waals surface area (Å²) >= 11 is 0. The molecule has 0 spiro atoms. The number of ether oxygens (including phenoxy) is 1. The van der Waals surface area contributed by atoms with E-state index in [1.807, 2.05) is 42.5 Å². The summed E-state index contributed by atoms with van der Waals surface area (Å²) in [5.41, 5.74) is 3.00. The summed E-state index contributed by atoms with van der Waals surface area (Å²) in [7, 11) is 0. The molecule has 0 aliphatic carbocycles. The molecule has 0 bridgehead atoms. The van der Waals surface area contributed by atoms with Crippen molar-refractivity contribution in [1.82, 2.24) is 4.90 Å². The summed E-state index contributed by atoms with van der Waals surface area (Å²) in [6, 6.07) is 17.9. The molecule has 4 nitrogen and oxygen atoms in total. The van der Waals surface area contributed by atoms with Crippen LogP contribution >= 0.6 is 12.4 Å². The molecule has 0 aromatic heterocycles. The van der Waals surface area contributed by atoms with E-state index in [0.717, 1.165) is 36.4 Å². The quantitative estimate of drug-likeness (QED) is 0.790. The van der Waals surface area contributed by atoms with Crippen LogP contribution in [0.1, 0.15) is 13.8 Å². The molecule has 2 aromatic carbocycles. The largest absolute Gasteiger partial charge is 0.448 e. The normalized spacial score (nSPS) is 10.1. The van der Waals surface area contributed by atoms with Crippen molar-refractivity contribution in [3.8, 4) is 11.1 Å². The molecule has 0 saturated carbocycles. The van der Waals surface area contributed by atoms with E-state index in [0.29, 0.717) is 6.61 Å². The van der Waals surface area contributed by atoms with Gasteiger partial charge < -0.3 is 9.64 Å². The van der Waals surface area contributed by atoms with Crippen molar-refractivity contribution in [1.29, 1.82) is 0 Å². The van der Waals surface area contributed by atoms with Crippen LogP contribution in [0.5, 0.6) is 0 Å². The number of carbonyl (C=O) groups is 1. The third-order valence-corrected chi connectivity index (χ3v) is 3.77. The zero-order chi connectivity index (χ0) is 16.5. The number of nitrogens with zero attached hydrogens (tertiary/aromatic N) is 1. The van der Waals surface area contributed by atoms with Crippen LogP contribution in [0, 0.1) is 0 Å². The van der Waals surface area contributed by atoms with Crippen molar-refractivity contribution >= 4 is 24.2 Å². The van der Waals surface area contributed by atoms with Gasteiger partial charge in [-0.05, 0) is 36.3 Å². The van der Waals surface area contributed by atoms with Gasteiger partial charge in [0.2, 0.25) is 0 Å². The van der Waals surface area contributed by atoms with Crippen molar-refractivity contribution < 1.29 is 9.53 Å². The summed E-state index contributed by atoms with van der Waals surface area (Å²) in [5.74, 6) is 0. The predicted octanol–water partition coefficient (Wildman–Crippen LogP) is 4.67. The first-order valence-electron chi connectivity index (χ1n) is 8.04. The lowest BCUT2D eigenvalue weighted by molar-refractivity contribution is 0.142. The summed E-state index contributed by atoms with van der Waals surface area (Å²) in [6.45, 7) is 7.27. The minimum atomic E-state index is -0.412. The molecule has 0 aliphatic heterocycles. The fourth-order valence-electron chi connectivity index (χ4n) is 2.34. The highest BCUT2D eigenvalue weighted by Crippen LogP contribution is 2.20. The van der Waals surface area contributed by atoms with Crippen molar-refractivity contribution in [3.05, 3.63) is 54.6 Å². The number of rotatable bonds is 7. The monoisotopic (exact) mass is 348 g/mol. The molecule has 0 atom stereocenters. The summed E-state index contributed by atoms with van der Waals surface area (Å²) in [4.78, 5) is 14.0. The smallest absolute Gasteiger partial charge is 0.411 e. The molecule has 1 N–H and O–H groups in total. The molecule has 0 radical (unpaired) electrons. The molecule has 0 fully saturated rings.